The van der Waals surface area contributed by atoms with Crippen molar-refractivity contribution in [3.8, 4) is 0 Å². The number of benzene rings is 1. The summed E-state index contributed by atoms with van der Waals surface area (Å²) >= 11 is 6.74. The minimum Gasteiger partial charge on any atom is -0.289 e. The zero-order valence-electron chi connectivity index (χ0n) is 11.0. The second-order valence-electron chi connectivity index (χ2n) is 4.16. The maximum atomic E-state index is 12.5. The number of alkyl halides is 3. The van der Waals surface area contributed by atoms with Gasteiger partial charge in [-0.2, -0.15) is 13.2 Å². The quantitative estimate of drug-likeness (QED) is 0.432. The molecular weight excluding hydrogens is 335 g/mol. The molecule has 1 aromatic heterocycles. The Morgan fingerprint density at radius 2 is 1.91 bits per heavy atom. The molecule has 1 heterocycles. The molecule has 1 aromatic carbocycles. The third-order valence-corrected chi connectivity index (χ3v) is 3.81. The van der Waals surface area contributed by atoms with Crippen LogP contribution in [0.25, 0.3) is 0 Å². The third-order valence-electron chi connectivity index (χ3n) is 2.59. The molecule has 0 aliphatic carbocycles. The number of hydrogen-bond acceptors (Lipinski definition) is 3. The van der Waals surface area contributed by atoms with Gasteiger partial charge in [0.2, 0.25) is 0 Å². The largest absolute Gasteiger partial charge is 0.417 e. The van der Waals surface area contributed by atoms with E-state index in [9.17, 15) is 18.0 Å². The van der Waals surface area contributed by atoms with Crippen LogP contribution in [0.3, 0.4) is 0 Å². The van der Waals surface area contributed by atoms with E-state index < -0.39 is 11.7 Å². The van der Waals surface area contributed by atoms with Crippen molar-refractivity contribution in [3.05, 3.63) is 70.2 Å². The van der Waals surface area contributed by atoms with E-state index in [0.717, 1.165) is 17.8 Å². The number of nitrogens with zero attached hydrogens (tertiary/aromatic N) is 1. The fourth-order valence-corrected chi connectivity index (χ4v) is 2.43. The lowest BCUT2D eigenvalue weighted by Gasteiger charge is -2.07. The number of rotatable bonds is 4. The predicted octanol–water partition coefficient (Wildman–Crippen LogP) is 5.24. The Balaban J connectivity index is 2.06. The molecule has 0 N–H and O–H groups in total. The summed E-state index contributed by atoms with van der Waals surface area (Å²) in [6.45, 7) is 0. The highest BCUT2D eigenvalue weighted by Gasteiger charge is 2.31. The van der Waals surface area contributed by atoms with E-state index in [1.807, 2.05) is 0 Å². The van der Waals surface area contributed by atoms with E-state index in [0.29, 0.717) is 11.8 Å². The fourth-order valence-electron chi connectivity index (χ4n) is 1.53. The van der Waals surface area contributed by atoms with Crippen LogP contribution >= 0.6 is 23.4 Å². The average Bonchev–Trinajstić information content (AvgIpc) is 2.48. The van der Waals surface area contributed by atoms with Crippen molar-refractivity contribution < 1.29 is 18.0 Å². The van der Waals surface area contributed by atoms with Crippen LogP contribution in [0.15, 0.2) is 59.1 Å². The number of ketones is 1. The second kappa shape index (κ2) is 6.98. The maximum Gasteiger partial charge on any atom is 0.417 e. The monoisotopic (exact) mass is 343 g/mol. The summed E-state index contributed by atoms with van der Waals surface area (Å²) in [6, 6.07) is 9.41. The number of carbonyl (C=O) groups is 1. The van der Waals surface area contributed by atoms with Crippen LogP contribution in [0, 0.1) is 0 Å². The summed E-state index contributed by atoms with van der Waals surface area (Å²) in [5.41, 5.74) is -0.392. The van der Waals surface area contributed by atoms with Crippen molar-refractivity contribution in [3.63, 3.8) is 0 Å². The summed E-state index contributed by atoms with van der Waals surface area (Å²) in [7, 11) is 0. The molecule has 2 rings (SSSR count). The molecule has 0 atom stereocenters. The molecule has 2 nitrogen and oxygen atoms in total. The van der Waals surface area contributed by atoms with Crippen LogP contribution in [0.1, 0.15) is 15.9 Å². The normalized spacial score (nSPS) is 11.8. The molecule has 7 heteroatoms. The smallest absolute Gasteiger partial charge is 0.289 e. The Bertz CT molecular complexity index is 702. The first-order valence-electron chi connectivity index (χ1n) is 6.03. The van der Waals surface area contributed by atoms with Crippen LogP contribution in [0.5, 0.6) is 0 Å². The first-order valence-corrected chi connectivity index (χ1v) is 7.29. The highest BCUT2D eigenvalue weighted by molar-refractivity contribution is 8.02. The predicted molar refractivity (Wildman–Crippen MR) is 80.0 cm³/mol. The standard InChI is InChI=1S/C15H9ClF3NOS/c16-12-8-11(15(17,18)19)9-20-14(12)22-7-6-13(21)10-4-2-1-3-5-10/h1-9H/b7-6+. The number of aromatic nitrogens is 1. The van der Waals surface area contributed by atoms with Crippen molar-refractivity contribution in [2.45, 2.75) is 11.2 Å². The van der Waals surface area contributed by atoms with Crippen molar-refractivity contribution in [1.29, 1.82) is 0 Å². The molecule has 0 saturated heterocycles. The highest BCUT2D eigenvalue weighted by atomic mass is 35.5. The SMILES string of the molecule is O=C(/C=C/Sc1ncc(C(F)(F)F)cc1Cl)c1ccccc1. The topological polar surface area (TPSA) is 30.0 Å². The van der Waals surface area contributed by atoms with E-state index in [1.165, 1.54) is 11.5 Å². The van der Waals surface area contributed by atoms with E-state index in [1.54, 1.807) is 30.3 Å². The summed E-state index contributed by atoms with van der Waals surface area (Å²) in [5.74, 6) is -0.212. The molecule has 114 valence electrons. The Morgan fingerprint density at radius 3 is 2.50 bits per heavy atom. The van der Waals surface area contributed by atoms with Crippen LogP contribution in [0.2, 0.25) is 5.02 Å². The van der Waals surface area contributed by atoms with Gasteiger partial charge in [-0.15, -0.1) is 0 Å². The minimum absolute atomic E-state index is 0.114. The van der Waals surface area contributed by atoms with Gasteiger partial charge in [0, 0.05) is 11.8 Å². The summed E-state index contributed by atoms with van der Waals surface area (Å²) in [5, 5.41) is 1.53. The number of allylic oxidation sites excluding steroid dienone is 1. The Hall–Kier alpha value is -1.79. The molecule has 0 aliphatic rings. The second-order valence-corrected chi connectivity index (χ2v) is 5.46. The van der Waals surface area contributed by atoms with Gasteiger partial charge in [0.25, 0.3) is 0 Å². The molecule has 22 heavy (non-hydrogen) atoms. The van der Waals surface area contributed by atoms with Gasteiger partial charge >= 0.3 is 6.18 Å². The Kier molecular flexibility index (Phi) is 5.26. The molecule has 2 aromatic rings. The van der Waals surface area contributed by atoms with E-state index in [4.69, 9.17) is 11.6 Å². The third kappa shape index (κ3) is 4.35. The van der Waals surface area contributed by atoms with Gasteiger partial charge in [-0.1, -0.05) is 53.7 Å². The lowest BCUT2D eigenvalue weighted by atomic mass is 10.1. The van der Waals surface area contributed by atoms with Gasteiger partial charge in [0.1, 0.15) is 5.03 Å². The number of carbonyl (C=O) groups excluding carboxylic acids is 1. The molecule has 0 amide bonds. The molecule has 0 saturated carbocycles. The van der Waals surface area contributed by atoms with Crippen molar-refractivity contribution in [1.82, 2.24) is 4.98 Å². The maximum absolute atomic E-state index is 12.5. The molecule has 0 bridgehead atoms. The first kappa shape index (κ1) is 16.6. The van der Waals surface area contributed by atoms with Gasteiger partial charge < -0.3 is 0 Å². The van der Waals surface area contributed by atoms with E-state index in [2.05, 4.69) is 4.98 Å². The first-order chi connectivity index (χ1) is 10.4. The van der Waals surface area contributed by atoms with Crippen molar-refractivity contribution in [2.75, 3.05) is 0 Å². The molecular formula is C15H9ClF3NOS. The average molecular weight is 344 g/mol. The Labute approximate surface area is 134 Å². The van der Waals surface area contributed by atoms with Gasteiger partial charge in [0.15, 0.2) is 5.78 Å². The molecule has 0 unspecified atom stereocenters. The van der Waals surface area contributed by atoms with Gasteiger partial charge in [-0.3, -0.25) is 4.79 Å². The summed E-state index contributed by atoms with van der Waals surface area (Å²) < 4.78 is 37.4. The number of hydrogen-bond donors (Lipinski definition) is 0. The lowest BCUT2D eigenvalue weighted by molar-refractivity contribution is -0.137. The van der Waals surface area contributed by atoms with Crippen molar-refractivity contribution >= 4 is 29.1 Å². The van der Waals surface area contributed by atoms with Crippen LogP contribution < -0.4 is 0 Å². The van der Waals surface area contributed by atoms with Crippen LogP contribution in [-0.2, 0) is 6.18 Å². The van der Waals surface area contributed by atoms with Gasteiger partial charge in [-0.25, -0.2) is 4.98 Å². The molecule has 0 fully saturated rings. The van der Waals surface area contributed by atoms with Crippen molar-refractivity contribution in [2.24, 2.45) is 0 Å². The van der Waals surface area contributed by atoms with Crippen LogP contribution in [-0.4, -0.2) is 10.8 Å². The van der Waals surface area contributed by atoms with Crippen LogP contribution in [0.4, 0.5) is 13.2 Å². The number of halogens is 4. The Morgan fingerprint density at radius 1 is 1.23 bits per heavy atom. The summed E-state index contributed by atoms with van der Waals surface area (Å²) in [4.78, 5) is 15.5. The molecule has 0 aliphatic heterocycles. The molecule has 0 spiro atoms. The van der Waals surface area contributed by atoms with E-state index in [-0.39, 0.29) is 15.8 Å². The summed E-state index contributed by atoms with van der Waals surface area (Å²) in [6.07, 6.45) is -2.46. The van der Waals surface area contributed by atoms with Gasteiger partial charge in [0.05, 0.1) is 10.6 Å². The van der Waals surface area contributed by atoms with E-state index >= 15 is 0 Å². The highest BCUT2D eigenvalue weighted by Crippen LogP contribution is 2.33. The number of pyridine rings is 1. The van der Waals surface area contributed by atoms with Gasteiger partial charge in [-0.05, 0) is 17.6 Å². The zero-order valence-corrected chi connectivity index (χ0v) is 12.5. The number of thioether (sulfide) groups is 1. The fraction of sp³-hybridized carbons (Fsp3) is 0.0667. The molecule has 0 radical (unpaired) electrons. The lowest BCUT2D eigenvalue weighted by Crippen LogP contribution is -2.05. The zero-order chi connectivity index (χ0) is 16.2. The minimum atomic E-state index is -4.49.